The van der Waals surface area contributed by atoms with Crippen LogP contribution >= 0.6 is 0 Å². The minimum absolute atomic E-state index is 0.217. The van der Waals surface area contributed by atoms with Gasteiger partial charge in [-0.3, -0.25) is 4.55 Å². The van der Waals surface area contributed by atoms with Crippen molar-refractivity contribution in [2.24, 2.45) is 5.92 Å². The van der Waals surface area contributed by atoms with Gasteiger partial charge in [0.15, 0.2) is 0 Å². The highest BCUT2D eigenvalue weighted by Crippen LogP contribution is 1.97. The van der Waals surface area contributed by atoms with Gasteiger partial charge in [0.2, 0.25) is 0 Å². The second kappa shape index (κ2) is 5.10. The summed E-state index contributed by atoms with van der Waals surface area (Å²) in [6.45, 7) is 4.01. The highest BCUT2D eigenvalue weighted by atomic mass is 32.2. The topological polar surface area (TPSA) is 66.8 Å². The second-order valence-corrected chi connectivity index (χ2v) is 3.71. The number of amides is 1. The Labute approximate surface area is 74.1 Å². The Hall–Kier alpha value is -0.620. The number of rotatable bonds is 3. The van der Waals surface area contributed by atoms with E-state index in [1.54, 1.807) is 0 Å². The molecule has 0 aromatic heterocycles. The number of carbonyl (C=O) groups excluding carboxylic acids is 1. The normalized spacial score (nSPS) is 12.8. The van der Waals surface area contributed by atoms with Crippen molar-refractivity contribution in [3.8, 4) is 0 Å². The smallest absolute Gasteiger partial charge is 0.423 e. The third-order valence-corrected chi connectivity index (χ3v) is 1.65. The molecule has 1 N–H and O–H groups in total. The molecular weight excluding hydrogens is 182 g/mol. The number of ether oxygens (including phenoxy) is 1. The second-order valence-electron chi connectivity index (χ2n) is 2.70. The summed E-state index contributed by atoms with van der Waals surface area (Å²) in [5, 5.41) is 0. The summed E-state index contributed by atoms with van der Waals surface area (Å²) in [6, 6.07) is 0. The summed E-state index contributed by atoms with van der Waals surface area (Å²) in [4.78, 5) is 10.8. The number of hydrogen-bond acceptors (Lipinski definition) is 3. The molecule has 0 radical (unpaired) electrons. The van der Waals surface area contributed by atoms with Crippen molar-refractivity contribution in [3.05, 3.63) is 0 Å². The van der Waals surface area contributed by atoms with Crippen molar-refractivity contribution < 1.29 is 18.3 Å². The van der Waals surface area contributed by atoms with Gasteiger partial charge in [0, 0.05) is 7.05 Å². The molecule has 0 aliphatic rings. The molecule has 1 unspecified atom stereocenters. The van der Waals surface area contributed by atoms with E-state index in [0.29, 0.717) is 4.31 Å². The van der Waals surface area contributed by atoms with Crippen LogP contribution in [0.15, 0.2) is 0 Å². The highest BCUT2D eigenvalue weighted by Gasteiger charge is 2.14. The molecule has 0 aliphatic carbocycles. The summed E-state index contributed by atoms with van der Waals surface area (Å²) in [7, 11) is 1.19. The molecule has 0 spiro atoms. The van der Waals surface area contributed by atoms with E-state index in [1.165, 1.54) is 7.05 Å². The van der Waals surface area contributed by atoms with E-state index in [2.05, 4.69) is 4.74 Å². The lowest BCUT2D eigenvalue weighted by atomic mass is 10.2. The van der Waals surface area contributed by atoms with Crippen LogP contribution in [-0.4, -0.2) is 32.8 Å². The largest absolute Gasteiger partial charge is 0.448 e. The van der Waals surface area contributed by atoms with Crippen molar-refractivity contribution in [1.29, 1.82) is 0 Å². The summed E-state index contributed by atoms with van der Waals surface area (Å²) in [5.41, 5.74) is 0. The van der Waals surface area contributed by atoms with Crippen LogP contribution in [0.2, 0.25) is 0 Å². The molecule has 0 heterocycles. The van der Waals surface area contributed by atoms with Gasteiger partial charge in [-0.05, 0) is 5.92 Å². The van der Waals surface area contributed by atoms with Crippen molar-refractivity contribution in [1.82, 2.24) is 4.31 Å². The Bertz CT molecular complexity index is 182. The Morgan fingerprint density at radius 2 is 2.17 bits per heavy atom. The van der Waals surface area contributed by atoms with Crippen LogP contribution in [-0.2, 0) is 16.0 Å². The first-order valence-corrected chi connectivity index (χ1v) is 4.53. The SMILES string of the molecule is CC(C)COC(=O)N(C)S(=O)O. The van der Waals surface area contributed by atoms with Gasteiger partial charge in [-0.1, -0.05) is 13.8 Å². The van der Waals surface area contributed by atoms with Gasteiger partial charge in [-0.25, -0.2) is 13.3 Å². The molecule has 5 nitrogen and oxygen atoms in total. The number of nitrogens with zero attached hydrogens (tertiary/aromatic N) is 1. The van der Waals surface area contributed by atoms with Crippen LogP contribution in [0.25, 0.3) is 0 Å². The first-order chi connectivity index (χ1) is 5.45. The van der Waals surface area contributed by atoms with Gasteiger partial charge in [0.25, 0.3) is 11.3 Å². The van der Waals surface area contributed by atoms with Crippen LogP contribution < -0.4 is 0 Å². The minimum Gasteiger partial charge on any atom is -0.448 e. The zero-order valence-electron chi connectivity index (χ0n) is 7.31. The van der Waals surface area contributed by atoms with Gasteiger partial charge in [-0.2, -0.15) is 0 Å². The molecule has 0 aromatic carbocycles. The summed E-state index contributed by atoms with van der Waals surface area (Å²) in [5.74, 6) is 0.217. The monoisotopic (exact) mass is 195 g/mol. The molecule has 12 heavy (non-hydrogen) atoms. The standard InChI is InChI=1S/C6H13NO4S/c1-5(2)4-11-6(8)7(3)12(9)10/h5H,4H2,1-3H3,(H,9,10). The Morgan fingerprint density at radius 1 is 1.67 bits per heavy atom. The van der Waals surface area contributed by atoms with Gasteiger partial charge in [0.05, 0.1) is 6.61 Å². The molecule has 1 atom stereocenters. The lowest BCUT2D eigenvalue weighted by molar-refractivity contribution is 0.118. The number of hydrogen-bond donors (Lipinski definition) is 1. The van der Waals surface area contributed by atoms with E-state index in [-0.39, 0.29) is 12.5 Å². The van der Waals surface area contributed by atoms with Crippen LogP contribution in [0.3, 0.4) is 0 Å². The zero-order chi connectivity index (χ0) is 9.72. The summed E-state index contributed by atoms with van der Waals surface area (Å²) >= 11 is -2.30. The molecule has 0 aromatic rings. The molecule has 0 saturated heterocycles. The van der Waals surface area contributed by atoms with E-state index in [0.717, 1.165) is 0 Å². The highest BCUT2D eigenvalue weighted by molar-refractivity contribution is 7.77. The van der Waals surface area contributed by atoms with E-state index in [4.69, 9.17) is 4.55 Å². The van der Waals surface area contributed by atoms with Crippen LogP contribution in [0, 0.1) is 5.92 Å². The maximum Gasteiger partial charge on any atom is 0.423 e. The fourth-order valence-electron chi connectivity index (χ4n) is 0.393. The molecule has 0 bridgehead atoms. The van der Waals surface area contributed by atoms with Crippen LogP contribution in [0.5, 0.6) is 0 Å². The molecule has 0 fully saturated rings. The van der Waals surface area contributed by atoms with Crippen molar-refractivity contribution in [2.45, 2.75) is 13.8 Å². The van der Waals surface area contributed by atoms with Gasteiger partial charge < -0.3 is 4.74 Å². The third kappa shape index (κ3) is 4.30. The van der Waals surface area contributed by atoms with Crippen LogP contribution in [0.1, 0.15) is 13.8 Å². The lowest BCUT2D eigenvalue weighted by Crippen LogP contribution is -2.29. The van der Waals surface area contributed by atoms with Crippen molar-refractivity contribution in [3.63, 3.8) is 0 Å². The predicted octanol–water partition coefficient (Wildman–Crippen LogP) is 0.847. The minimum atomic E-state index is -2.30. The summed E-state index contributed by atoms with van der Waals surface area (Å²) < 4.78 is 24.0. The van der Waals surface area contributed by atoms with Crippen molar-refractivity contribution in [2.75, 3.05) is 13.7 Å². The predicted molar refractivity (Wildman–Crippen MR) is 44.7 cm³/mol. The lowest BCUT2D eigenvalue weighted by Gasteiger charge is -2.12. The van der Waals surface area contributed by atoms with Crippen LogP contribution in [0.4, 0.5) is 4.79 Å². The van der Waals surface area contributed by atoms with E-state index >= 15 is 0 Å². The Kier molecular flexibility index (Phi) is 4.84. The third-order valence-electron chi connectivity index (χ3n) is 1.03. The molecule has 6 heteroatoms. The fourth-order valence-corrected chi connectivity index (χ4v) is 0.573. The van der Waals surface area contributed by atoms with Gasteiger partial charge >= 0.3 is 6.09 Å². The quantitative estimate of drug-likeness (QED) is 0.678. The maximum atomic E-state index is 10.8. The molecule has 72 valence electrons. The fraction of sp³-hybridized carbons (Fsp3) is 0.833. The van der Waals surface area contributed by atoms with Gasteiger partial charge in [0.1, 0.15) is 0 Å². The van der Waals surface area contributed by atoms with Crippen molar-refractivity contribution >= 4 is 17.4 Å². The first kappa shape index (κ1) is 11.4. The Morgan fingerprint density at radius 3 is 2.50 bits per heavy atom. The molecule has 1 amide bonds. The van der Waals surface area contributed by atoms with E-state index in [1.807, 2.05) is 13.8 Å². The molecule has 0 saturated carbocycles. The Balaban J connectivity index is 3.80. The van der Waals surface area contributed by atoms with Gasteiger partial charge in [-0.15, -0.1) is 0 Å². The average Bonchev–Trinajstić information content (AvgIpc) is 1.98. The average molecular weight is 195 g/mol. The maximum absolute atomic E-state index is 10.8. The molecule has 0 aliphatic heterocycles. The number of carbonyl (C=O) groups is 1. The first-order valence-electron chi connectivity index (χ1n) is 3.46. The van der Waals surface area contributed by atoms with E-state index < -0.39 is 17.4 Å². The van der Waals surface area contributed by atoms with E-state index in [9.17, 15) is 9.00 Å². The zero-order valence-corrected chi connectivity index (χ0v) is 8.13. The molecular formula is C6H13NO4S. The molecule has 0 rings (SSSR count). The summed E-state index contributed by atoms with van der Waals surface area (Å²) in [6.07, 6.45) is -0.787.